The second-order valence-corrected chi connectivity index (χ2v) is 3.88. The smallest absolute Gasteiger partial charge is 0.270 e. The molecule has 0 aliphatic carbocycles. The van der Waals surface area contributed by atoms with Gasteiger partial charge >= 0.3 is 0 Å². The molecule has 1 aromatic rings. The summed E-state index contributed by atoms with van der Waals surface area (Å²) in [6, 6.07) is 3.78. The highest BCUT2D eigenvalue weighted by molar-refractivity contribution is 5.92. The molecule has 0 aliphatic rings. The summed E-state index contributed by atoms with van der Waals surface area (Å²) in [4.78, 5) is 13.9. The van der Waals surface area contributed by atoms with Gasteiger partial charge in [0.25, 0.3) is 5.91 Å². The molecule has 4 heteroatoms. The Morgan fingerprint density at radius 1 is 1.50 bits per heavy atom. The SMILES string of the molecule is CCN(CCCO)C(=O)c1ccc(C)n1C. The van der Waals surface area contributed by atoms with Crippen molar-refractivity contribution < 1.29 is 9.90 Å². The molecule has 0 spiro atoms. The van der Waals surface area contributed by atoms with Crippen molar-refractivity contribution in [1.82, 2.24) is 9.47 Å². The highest BCUT2D eigenvalue weighted by Crippen LogP contribution is 2.09. The van der Waals surface area contributed by atoms with E-state index in [9.17, 15) is 4.79 Å². The standard InChI is InChI=1S/C12H20N2O2/c1-4-14(8-5-9-15)12(16)11-7-6-10(2)13(11)3/h6-7,15H,4-5,8-9H2,1-3H3. The van der Waals surface area contributed by atoms with E-state index in [2.05, 4.69) is 0 Å². The fraction of sp³-hybridized carbons (Fsp3) is 0.583. The Labute approximate surface area is 96.5 Å². The molecule has 1 heterocycles. The Hall–Kier alpha value is -1.29. The van der Waals surface area contributed by atoms with Crippen LogP contribution in [-0.4, -0.2) is 40.2 Å². The lowest BCUT2D eigenvalue weighted by Gasteiger charge is -2.20. The molecular weight excluding hydrogens is 204 g/mol. The van der Waals surface area contributed by atoms with Crippen molar-refractivity contribution in [2.45, 2.75) is 20.3 Å². The minimum atomic E-state index is 0.0338. The fourth-order valence-electron chi connectivity index (χ4n) is 1.65. The summed E-state index contributed by atoms with van der Waals surface area (Å²) in [6.07, 6.45) is 0.628. The summed E-state index contributed by atoms with van der Waals surface area (Å²) in [5, 5.41) is 8.78. The highest BCUT2D eigenvalue weighted by atomic mass is 16.3. The van der Waals surface area contributed by atoms with E-state index in [4.69, 9.17) is 5.11 Å². The minimum Gasteiger partial charge on any atom is -0.396 e. The van der Waals surface area contributed by atoms with Gasteiger partial charge in [-0.15, -0.1) is 0 Å². The average Bonchev–Trinajstić information content (AvgIpc) is 2.60. The van der Waals surface area contributed by atoms with Gasteiger partial charge in [0.15, 0.2) is 0 Å². The Morgan fingerprint density at radius 2 is 2.19 bits per heavy atom. The maximum absolute atomic E-state index is 12.1. The van der Waals surface area contributed by atoms with Crippen LogP contribution < -0.4 is 0 Å². The normalized spacial score (nSPS) is 10.5. The van der Waals surface area contributed by atoms with Crippen molar-refractivity contribution in [1.29, 1.82) is 0 Å². The number of carbonyl (C=O) groups excluding carboxylic acids is 1. The predicted molar refractivity (Wildman–Crippen MR) is 63.4 cm³/mol. The molecule has 0 bridgehead atoms. The van der Waals surface area contributed by atoms with Gasteiger partial charge in [-0.25, -0.2) is 0 Å². The van der Waals surface area contributed by atoms with E-state index >= 15 is 0 Å². The van der Waals surface area contributed by atoms with Gasteiger partial charge in [0.1, 0.15) is 5.69 Å². The van der Waals surface area contributed by atoms with Crippen molar-refractivity contribution in [2.75, 3.05) is 19.7 Å². The Kier molecular flexibility index (Phi) is 4.55. The lowest BCUT2D eigenvalue weighted by molar-refractivity contribution is 0.0744. The van der Waals surface area contributed by atoms with Crippen LogP contribution in [0.3, 0.4) is 0 Å². The number of carbonyl (C=O) groups is 1. The van der Waals surface area contributed by atoms with Crippen LogP contribution in [0.4, 0.5) is 0 Å². The van der Waals surface area contributed by atoms with Crippen molar-refractivity contribution in [3.8, 4) is 0 Å². The molecule has 0 saturated heterocycles. The molecule has 90 valence electrons. The van der Waals surface area contributed by atoms with Gasteiger partial charge in [-0.05, 0) is 32.4 Å². The quantitative estimate of drug-likeness (QED) is 0.816. The largest absolute Gasteiger partial charge is 0.396 e. The molecule has 0 unspecified atom stereocenters. The van der Waals surface area contributed by atoms with E-state index in [0.717, 1.165) is 5.69 Å². The van der Waals surface area contributed by atoms with Crippen LogP contribution in [0.15, 0.2) is 12.1 Å². The van der Waals surface area contributed by atoms with E-state index < -0.39 is 0 Å². The first-order valence-electron chi connectivity index (χ1n) is 5.64. The van der Waals surface area contributed by atoms with Crippen LogP contribution >= 0.6 is 0 Å². The van der Waals surface area contributed by atoms with E-state index in [1.54, 1.807) is 4.90 Å². The van der Waals surface area contributed by atoms with Gasteiger partial charge in [-0.3, -0.25) is 4.79 Å². The van der Waals surface area contributed by atoms with Gasteiger partial charge in [0.2, 0.25) is 0 Å². The van der Waals surface area contributed by atoms with Gasteiger partial charge in [-0.2, -0.15) is 0 Å². The van der Waals surface area contributed by atoms with Crippen molar-refractivity contribution in [2.24, 2.45) is 7.05 Å². The van der Waals surface area contributed by atoms with E-state index in [1.165, 1.54) is 0 Å². The molecule has 16 heavy (non-hydrogen) atoms. The maximum Gasteiger partial charge on any atom is 0.270 e. The molecule has 0 aromatic carbocycles. The molecule has 0 radical (unpaired) electrons. The van der Waals surface area contributed by atoms with Crippen molar-refractivity contribution >= 4 is 5.91 Å². The molecule has 1 amide bonds. The second-order valence-electron chi connectivity index (χ2n) is 3.88. The van der Waals surface area contributed by atoms with Crippen LogP contribution in [0.2, 0.25) is 0 Å². The number of hydrogen-bond donors (Lipinski definition) is 1. The minimum absolute atomic E-state index is 0.0338. The van der Waals surface area contributed by atoms with Gasteiger partial charge in [0.05, 0.1) is 0 Å². The van der Waals surface area contributed by atoms with Crippen molar-refractivity contribution in [3.05, 3.63) is 23.5 Å². The monoisotopic (exact) mass is 224 g/mol. The Bertz CT molecular complexity index is 358. The summed E-state index contributed by atoms with van der Waals surface area (Å²) in [7, 11) is 1.89. The number of aliphatic hydroxyl groups excluding tert-OH is 1. The second kappa shape index (κ2) is 5.70. The lowest BCUT2D eigenvalue weighted by Crippen LogP contribution is -2.33. The number of aromatic nitrogens is 1. The van der Waals surface area contributed by atoms with E-state index in [0.29, 0.717) is 25.2 Å². The summed E-state index contributed by atoms with van der Waals surface area (Å²) < 4.78 is 1.89. The number of aliphatic hydroxyl groups is 1. The molecule has 0 aliphatic heterocycles. The number of nitrogens with zero attached hydrogens (tertiary/aromatic N) is 2. The Balaban J connectivity index is 2.79. The summed E-state index contributed by atoms with van der Waals surface area (Å²) >= 11 is 0. The van der Waals surface area contributed by atoms with Crippen LogP contribution in [0.25, 0.3) is 0 Å². The first-order chi connectivity index (χ1) is 7.61. The fourth-order valence-corrected chi connectivity index (χ4v) is 1.65. The first kappa shape index (κ1) is 12.8. The number of amides is 1. The summed E-state index contributed by atoms with van der Waals surface area (Å²) in [5.74, 6) is 0.0338. The molecule has 0 atom stereocenters. The zero-order valence-electron chi connectivity index (χ0n) is 10.2. The highest BCUT2D eigenvalue weighted by Gasteiger charge is 2.16. The lowest BCUT2D eigenvalue weighted by atomic mass is 10.3. The zero-order valence-corrected chi connectivity index (χ0v) is 10.2. The van der Waals surface area contributed by atoms with Crippen LogP contribution in [0, 0.1) is 6.92 Å². The van der Waals surface area contributed by atoms with E-state index in [-0.39, 0.29) is 12.5 Å². The molecule has 0 fully saturated rings. The topological polar surface area (TPSA) is 45.5 Å². The molecule has 1 aromatic heterocycles. The van der Waals surface area contributed by atoms with Crippen LogP contribution in [-0.2, 0) is 7.05 Å². The summed E-state index contributed by atoms with van der Waals surface area (Å²) in [6.45, 7) is 5.32. The molecule has 4 nitrogen and oxygen atoms in total. The summed E-state index contributed by atoms with van der Waals surface area (Å²) in [5.41, 5.74) is 1.78. The van der Waals surface area contributed by atoms with E-state index in [1.807, 2.05) is 37.6 Å². The van der Waals surface area contributed by atoms with Gasteiger partial charge < -0.3 is 14.6 Å². The third kappa shape index (κ3) is 2.64. The molecule has 1 N–H and O–H groups in total. The third-order valence-corrected chi connectivity index (χ3v) is 2.85. The van der Waals surface area contributed by atoms with Gasteiger partial charge in [0, 0.05) is 32.4 Å². The Morgan fingerprint density at radius 3 is 2.62 bits per heavy atom. The van der Waals surface area contributed by atoms with Crippen LogP contribution in [0.1, 0.15) is 29.5 Å². The maximum atomic E-state index is 12.1. The first-order valence-corrected chi connectivity index (χ1v) is 5.64. The predicted octanol–water partition coefficient (Wildman–Crippen LogP) is 1.18. The van der Waals surface area contributed by atoms with Crippen molar-refractivity contribution in [3.63, 3.8) is 0 Å². The average molecular weight is 224 g/mol. The number of hydrogen-bond acceptors (Lipinski definition) is 2. The van der Waals surface area contributed by atoms with Crippen LogP contribution in [0.5, 0.6) is 0 Å². The third-order valence-electron chi connectivity index (χ3n) is 2.85. The number of rotatable bonds is 5. The molecule has 0 saturated carbocycles. The van der Waals surface area contributed by atoms with Gasteiger partial charge in [-0.1, -0.05) is 0 Å². The number of aryl methyl sites for hydroxylation is 1. The zero-order chi connectivity index (χ0) is 12.1. The molecule has 1 rings (SSSR count). The molecular formula is C12H20N2O2.